The van der Waals surface area contributed by atoms with E-state index in [9.17, 15) is 9.59 Å². The Kier molecular flexibility index (Phi) is 5.62. The molecule has 0 aromatic heterocycles. The van der Waals surface area contributed by atoms with Crippen molar-refractivity contribution in [1.82, 2.24) is 5.32 Å². The van der Waals surface area contributed by atoms with Gasteiger partial charge in [-0.15, -0.1) is 0 Å². The number of nitrogens with zero attached hydrogens (tertiary/aromatic N) is 1. The van der Waals surface area contributed by atoms with Crippen molar-refractivity contribution in [3.63, 3.8) is 0 Å². The van der Waals surface area contributed by atoms with Gasteiger partial charge in [-0.05, 0) is 31.4 Å². The van der Waals surface area contributed by atoms with Crippen molar-refractivity contribution in [1.29, 1.82) is 0 Å². The van der Waals surface area contributed by atoms with Crippen LogP contribution in [0.25, 0.3) is 0 Å². The Morgan fingerprint density at radius 2 is 2.13 bits per heavy atom. The van der Waals surface area contributed by atoms with Gasteiger partial charge in [0, 0.05) is 17.8 Å². The number of anilines is 1. The summed E-state index contributed by atoms with van der Waals surface area (Å²) in [5.41, 5.74) is 0.0538. The van der Waals surface area contributed by atoms with Gasteiger partial charge in [0.05, 0.1) is 31.6 Å². The van der Waals surface area contributed by atoms with Crippen LogP contribution in [0.2, 0.25) is 0 Å². The fourth-order valence-corrected chi connectivity index (χ4v) is 5.04. The number of benzene rings is 1. The van der Waals surface area contributed by atoms with Crippen LogP contribution < -0.4 is 15.0 Å². The molecular weight excluding hydrogens is 380 g/mol. The summed E-state index contributed by atoms with van der Waals surface area (Å²) >= 11 is 0. The van der Waals surface area contributed by atoms with Gasteiger partial charge in [-0.1, -0.05) is 44.9 Å². The summed E-state index contributed by atoms with van der Waals surface area (Å²) in [4.78, 5) is 28.3. The standard InChI is InChI=1S/C24H32N2O4/c1-15(2)7-5-8-16(3)25-22(27)20-19-11-12-24(30-19)14-26(23(28)21(20)24)17-9-6-10-18(13-17)29-4/h6,9-13,15-16,19-21H,5,7-8,14H2,1-4H3,(H,25,27)/t16-,19-,20-,21-,24+/m0/s1. The van der Waals surface area contributed by atoms with E-state index in [1.165, 1.54) is 0 Å². The quantitative estimate of drug-likeness (QED) is 0.665. The minimum Gasteiger partial charge on any atom is -0.497 e. The molecule has 0 aliphatic carbocycles. The lowest BCUT2D eigenvalue weighted by atomic mass is 9.76. The number of amides is 2. The molecule has 0 radical (unpaired) electrons. The summed E-state index contributed by atoms with van der Waals surface area (Å²) in [6, 6.07) is 7.53. The van der Waals surface area contributed by atoms with Gasteiger partial charge in [0.1, 0.15) is 11.4 Å². The molecule has 2 amide bonds. The Bertz CT molecular complexity index is 851. The van der Waals surface area contributed by atoms with E-state index in [0.29, 0.717) is 18.2 Å². The molecule has 4 rings (SSSR count). The van der Waals surface area contributed by atoms with E-state index in [4.69, 9.17) is 9.47 Å². The number of fused-ring (bicyclic) bond motifs is 1. The Labute approximate surface area is 178 Å². The lowest BCUT2D eigenvalue weighted by Crippen LogP contribution is -2.46. The summed E-state index contributed by atoms with van der Waals surface area (Å²) < 4.78 is 11.5. The molecule has 5 atom stereocenters. The highest BCUT2D eigenvalue weighted by molar-refractivity contribution is 6.03. The number of nitrogens with one attached hydrogen (secondary N) is 1. The lowest BCUT2D eigenvalue weighted by molar-refractivity contribution is -0.132. The number of carbonyl (C=O) groups excluding carboxylic acids is 2. The molecule has 1 aromatic rings. The molecule has 1 spiro atoms. The number of methoxy groups -OCH3 is 1. The van der Waals surface area contributed by atoms with Gasteiger partial charge in [-0.25, -0.2) is 0 Å². The van der Waals surface area contributed by atoms with Gasteiger partial charge >= 0.3 is 0 Å². The van der Waals surface area contributed by atoms with Crippen molar-refractivity contribution in [2.24, 2.45) is 17.8 Å². The Morgan fingerprint density at radius 1 is 1.33 bits per heavy atom. The molecule has 1 aromatic carbocycles. The van der Waals surface area contributed by atoms with E-state index in [1.807, 2.05) is 43.3 Å². The fraction of sp³-hybridized carbons (Fsp3) is 0.583. The van der Waals surface area contributed by atoms with Crippen LogP contribution in [-0.2, 0) is 14.3 Å². The molecule has 2 fully saturated rings. The zero-order valence-electron chi connectivity index (χ0n) is 18.3. The number of hydrogen-bond donors (Lipinski definition) is 1. The highest BCUT2D eigenvalue weighted by Gasteiger charge is 2.67. The van der Waals surface area contributed by atoms with E-state index in [-0.39, 0.29) is 24.0 Å². The normalized spacial score (nSPS) is 30.1. The van der Waals surface area contributed by atoms with Crippen LogP contribution in [-0.4, -0.2) is 43.2 Å². The van der Waals surface area contributed by atoms with Crippen LogP contribution >= 0.6 is 0 Å². The summed E-state index contributed by atoms with van der Waals surface area (Å²) in [6.07, 6.45) is 6.78. The number of hydrogen-bond acceptors (Lipinski definition) is 4. The Hall–Kier alpha value is -2.34. The van der Waals surface area contributed by atoms with Gasteiger partial charge in [-0.2, -0.15) is 0 Å². The van der Waals surface area contributed by atoms with E-state index >= 15 is 0 Å². The molecule has 162 valence electrons. The van der Waals surface area contributed by atoms with Crippen molar-refractivity contribution in [3.8, 4) is 5.75 Å². The third kappa shape index (κ3) is 3.62. The van der Waals surface area contributed by atoms with Crippen molar-refractivity contribution < 1.29 is 19.1 Å². The van der Waals surface area contributed by atoms with Crippen LogP contribution in [0, 0.1) is 17.8 Å². The molecule has 0 saturated carbocycles. The SMILES string of the molecule is COc1cccc(N2C[C@@]34C=C[C@H](O3)[C@H](C(=O)N[C@@H](C)CCCC(C)C)[C@H]4C2=O)c1. The van der Waals surface area contributed by atoms with Crippen molar-refractivity contribution >= 4 is 17.5 Å². The molecular formula is C24H32N2O4. The summed E-state index contributed by atoms with van der Waals surface area (Å²) in [5.74, 6) is 0.264. The molecule has 30 heavy (non-hydrogen) atoms. The van der Waals surface area contributed by atoms with Crippen molar-refractivity contribution in [2.45, 2.75) is 57.8 Å². The molecule has 6 heteroatoms. The summed E-state index contributed by atoms with van der Waals surface area (Å²) in [6.45, 7) is 6.88. The molecule has 6 nitrogen and oxygen atoms in total. The monoisotopic (exact) mass is 412 g/mol. The van der Waals surface area contributed by atoms with E-state index < -0.39 is 17.4 Å². The van der Waals surface area contributed by atoms with E-state index in [2.05, 4.69) is 19.2 Å². The second kappa shape index (κ2) is 8.06. The number of ether oxygens (including phenoxy) is 2. The summed E-state index contributed by atoms with van der Waals surface area (Å²) in [5, 5.41) is 3.14. The highest BCUT2D eigenvalue weighted by atomic mass is 16.5. The smallest absolute Gasteiger partial charge is 0.234 e. The predicted molar refractivity (Wildman–Crippen MR) is 115 cm³/mol. The van der Waals surface area contributed by atoms with E-state index in [1.54, 1.807) is 12.0 Å². The van der Waals surface area contributed by atoms with Crippen LogP contribution in [0.3, 0.4) is 0 Å². The second-order valence-electron chi connectivity index (χ2n) is 9.26. The van der Waals surface area contributed by atoms with Crippen LogP contribution in [0.15, 0.2) is 36.4 Å². The molecule has 1 N–H and O–H groups in total. The largest absolute Gasteiger partial charge is 0.497 e. The number of rotatable bonds is 8. The average molecular weight is 413 g/mol. The van der Waals surface area contributed by atoms with Gasteiger partial charge in [0.15, 0.2) is 0 Å². The molecule has 0 unspecified atom stereocenters. The average Bonchev–Trinajstić information content (AvgIpc) is 3.36. The zero-order valence-corrected chi connectivity index (χ0v) is 18.3. The molecule has 3 heterocycles. The van der Waals surface area contributed by atoms with Crippen LogP contribution in [0.4, 0.5) is 5.69 Å². The minimum atomic E-state index is -0.715. The molecule has 2 saturated heterocycles. The zero-order chi connectivity index (χ0) is 21.5. The van der Waals surface area contributed by atoms with E-state index in [0.717, 1.165) is 24.9 Å². The second-order valence-corrected chi connectivity index (χ2v) is 9.26. The first-order valence-electron chi connectivity index (χ1n) is 11.0. The maximum absolute atomic E-state index is 13.4. The van der Waals surface area contributed by atoms with Gasteiger partial charge in [0.2, 0.25) is 11.8 Å². The minimum absolute atomic E-state index is 0.0530. The first-order chi connectivity index (χ1) is 14.3. The molecule has 3 aliphatic rings. The first kappa shape index (κ1) is 20.9. The highest BCUT2D eigenvalue weighted by Crippen LogP contribution is 2.52. The van der Waals surface area contributed by atoms with Gasteiger partial charge < -0.3 is 19.7 Å². The maximum Gasteiger partial charge on any atom is 0.234 e. The first-order valence-corrected chi connectivity index (χ1v) is 11.0. The molecule has 2 bridgehead atoms. The Morgan fingerprint density at radius 3 is 2.87 bits per heavy atom. The van der Waals surface area contributed by atoms with Crippen molar-refractivity contribution in [2.75, 3.05) is 18.6 Å². The van der Waals surface area contributed by atoms with Crippen LogP contribution in [0.1, 0.15) is 40.0 Å². The molecule has 3 aliphatic heterocycles. The number of carbonyl (C=O) groups is 2. The van der Waals surface area contributed by atoms with Gasteiger partial charge in [-0.3, -0.25) is 9.59 Å². The van der Waals surface area contributed by atoms with Crippen molar-refractivity contribution in [3.05, 3.63) is 36.4 Å². The topological polar surface area (TPSA) is 67.9 Å². The summed E-state index contributed by atoms with van der Waals surface area (Å²) in [7, 11) is 1.61. The third-order valence-electron chi connectivity index (χ3n) is 6.58. The van der Waals surface area contributed by atoms with Crippen LogP contribution in [0.5, 0.6) is 5.75 Å². The maximum atomic E-state index is 13.4. The van der Waals surface area contributed by atoms with Gasteiger partial charge in [0.25, 0.3) is 0 Å². The lowest BCUT2D eigenvalue weighted by Gasteiger charge is -2.25. The predicted octanol–water partition coefficient (Wildman–Crippen LogP) is 3.31. The third-order valence-corrected chi connectivity index (χ3v) is 6.58. The Balaban J connectivity index is 1.48. The fourth-order valence-electron chi connectivity index (χ4n) is 5.04.